The number of nitrogens with one attached hydrogen (secondary N) is 1. The quantitative estimate of drug-likeness (QED) is 0.308. The van der Waals surface area contributed by atoms with Crippen LogP contribution in [0.25, 0.3) is 10.9 Å². The zero-order valence-corrected chi connectivity index (χ0v) is 25.5. The van der Waals surface area contributed by atoms with E-state index in [0.29, 0.717) is 18.6 Å². The Hall–Kier alpha value is -2.12. The third-order valence-corrected chi connectivity index (χ3v) is 10.3. The summed E-state index contributed by atoms with van der Waals surface area (Å²) in [5.41, 5.74) is 0.981. The van der Waals surface area contributed by atoms with Gasteiger partial charge in [-0.25, -0.2) is 9.97 Å². The summed E-state index contributed by atoms with van der Waals surface area (Å²) in [6.45, 7) is 6.66. The van der Waals surface area contributed by atoms with Crippen LogP contribution in [0.1, 0.15) is 114 Å². The van der Waals surface area contributed by atoms with Crippen molar-refractivity contribution in [1.82, 2.24) is 19.8 Å². The monoisotopic (exact) mass is 563 g/mol. The minimum absolute atomic E-state index is 0.448. The minimum Gasteiger partial charge on any atom is -0.493 e. The molecular weight excluding hydrogens is 510 g/mol. The van der Waals surface area contributed by atoms with E-state index < -0.39 is 0 Å². The van der Waals surface area contributed by atoms with Crippen LogP contribution in [-0.4, -0.2) is 78.3 Å². The van der Waals surface area contributed by atoms with Gasteiger partial charge in [-0.2, -0.15) is 0 Å². The highest BCUT2D eigenvalue weighted by molar-refractivity contribution is 5.92. The highest BCUT2D eigenvalue weighted by Crippen LogP contribution is 2.38. The summed E-state index contributed by atoms with van der Waals surface area (Å²) in [6.07, 6.45) is 20.7. The number of hydrogen-bond acceptors (Lipinski definition) is 7. The summed E-state index contributed by atoms with van der Waals surface area (Å²) in [7, 11) is 1.74. The molecule has 0 atom stereocenters. The fourth-order valence-corrected chi connectivity index (χ4v) is 7.78. The average molecular weight is 564 g/mol. The van der Waals surface area contributed by atoms with E-state index in [1.54, 1.807) is 7.11 Å². The molecule has 1 aromatic carbocycles. The summed E-state index contributed by atoms with van der Waals surface area (Å²) in [5.74, 6) is 4.04. The van der Waals surface area contributed by atoms with E-state index in [1.165, 1.54) is 122 Å². The Balaban J connectivity index is 1.18. The molecule has 0 spiro atoms. The van der Waals surface area contributed by atoms with Gasteiger partial charge < -0.3 is 24.6 Å². The number of aromatic nitrogens is 2. The first kappa shape index (κ1) is 29.0. The van der Waals surface area contributed by atoms with Crippen LogP contribution in [0.15, 0.2) is 12.1 Å². The van der Waals surface area contributed by atoms with Crippen molar-refractivity contribution < 1.29 is 9.47 Å². The van der Waals surface area contributed by atoms with E-state index in [1.807, 2.05) is 0 Å². The Bertz CT molecular complexity index is 1100. The van der Waals surface area contributed by atoms with Crippen molar-refractivity contribution in [2.45, 2.75) is 121 Å². The second-order valence-electron chi connectivity index (χ2n) is 13.1. The molecule has 1 N–H and O–H groups in total. The summed E-state index contributed by atoms with van der Waals surface area (Å²) >= 11 is 0. The van der Waals surface area contributed by atoms with E-state index in [2.05, 4.69) is 27.2 Å². The number of methoxy groups -OCH3 is 1. The van der Waals surface area contributed by atoms with Gasteiger partial charge in [0, 0.05) is 49.1 Å². The predicted molar refractivity (Wildman–Crippen MR) is 167 cm³/mol. The van der Waals surface area contributed by atoms with Crippen molar-refractivity contribution in [2.24, 2.45) is 0 Å². The third-order valence-electron chi connectivity index (χ3n) is 10.3. The molecule has 6 rings (SSSR count). The number of benzene rings is 1. The first-order chi connectivity index (χ1) is 20.3. The summed E-state index contributed by atoms with van der Waals surface area (Å²) in [6, 6.07) is 5.48. The molecular formula is C34H53N5O2. The van der Waals surface area contributed by atoms with Crippen LogP contribution in [0.4, 0.5) is 5.82 Å². The maximum Gasteiger partial charge on any atom is 0.163 e. The van der Waals surface area contributed by atoms with Crippen molar-refractivity contribution in [2.75, 3.05) is 51.8 Å². The molecule has 2 saturated heterocycles. The molecule has 2 aliphatic carbocycles. The van der Waals surface area contributed by atoms with E-state index in [-0.39, 0.29) is 0 Å². The molecule has 2 aromatic rings. The number of nitrogens with zero attached hydrogens (tertiary/aromatic N) is 4. The Kier molecular flexibility index (Phi) is 10.2. The Morgan fingerprint density at radius 1 is 0.780 bits per heavy atom. The SMILES string of the molecule is COc1cc2c(NC3CCN(C4CCCCC4)CC3)nc(C3CCCCC3)nc2cc1OCCCN1CCCCC1. The first-order valence-electron chi connectivity index (χ1n) is 17.0. The lowest BCUT2D eigenvalue weighted by Gasteiger charge is -2.39. The van der Waals surface area contributed by atoms with E-state index in [4.69, 9.17) is 19.4 Å². The van der Waals surface area contributed by atoms with Gasteiger partial charge in [0.05, 0.1) is 19.2 Å². The fraction of sp³-hybridized carbons (Fsp3) is 0.765. The molecule has 0 unspecified atom stereocenters. The molecule has 4 aliphatic rings. The van der Waals surface area contributed by atoms with Gasteiger partial charge in [0.25, 0.3) is 0 Å². The maximum atomic E-state index is 6.33. The molecule has 7 heteroatoms. The molecule has 0 bridgehead atoms. The smallest absolute Gasteiger partial charge is 0.163 e. The zero-order chi connectivity index (χ0) is 27.9. The van der Waals surface area contributed by atoms with Crippen LogP contribution in [0.2, 0.25) is 0 Å². The summed E-state index contributed by atoms with van der Waals surface area (Å²) in [4.78, 5) is 15.7. The molecule has 0 radical (unpaired) electrons. The number of hydrogen-bond donors (Lipinski definition) is 1. The van der Waals surface area contributed by atoms with Gasteiger partial charge >= 0.3 is 0 Å². The molecule has 3 heterocycles. The Morgan fingerprint density at radius 3 is 2.22 bits per heavy atom. The molecule has 226 valence electrons. The number of piperidine rings is 2. The van der Waals surface area contributed by atoms with Crippen LogP contribution < -0.4 is 14.8 Å². The lowest BCUT2D eigenvalue weighted by atomic mass is 9.88. The first-order valence-corrected chi connectivity index (χ1v) is 17.0. The second kappa shape index (κ2) is 14.4. The molecule has 41 heavy (non-hydrogen) atoms. The van der Waals surface area contributed by atoms with Crippen LogP contribution in [0.3, 0.4) is 0 Å². The average Bonchev–Trinajstić information content (AvgIpc) is 3.04. The van der Waals surface area contributed by atoms with Gasteiger partial charge in [-0.05, 0) is 76.9 Å². The van der Waals surface area contributed by atoms with Crippen LogP contribution >= 0.6 is 0 Å². The molecule has 1 aromatic heterocycles. The van der Waals surface area contributed by atoms with Crippen molar-refractivity contribution >= 4 is 16.7 Å². The van der Waals surface area contributed by atoms with Crippen molar-refractivity contribution in [3.8, 4) is 11.5 Å². The van der Waals surface area contributed by atoms with E-state index in [9.17, 15) is 0 Å². The van der Waals surface area contributed by atoms with Crippen LogP contribution in [0.5, 0.6) is 11.5 Å². The van der Waals surface area contributed by atoms with Gasteiger partial charge in [-0.1, -0.05) is 44.9 Å². The zero-order valence-electron chi connectivity index (χ0n) is 25.5. The van der Waals surface area contributed by atoms with Crippen molar-refractivity contribution in [3.05, 3.63) is 18.0 Å². The standard InChI is InChI=1S/C34H53N5O2/c1-40-31-24-29-30(25-32(31)41-23-11-20-38-18-9-4-10-19-38)36-33(26-12-5-2-6-13-26)37-34(29)35-27-16-21-39(22-17-27)28-14-7-3-8-15-28/h24-28H,2-23H2,1H3,(H,35,36,37). The Morgan fingerprint density at radius 2 is 1.49 bits per heavy atom. The Labute approximate surface area is 247 Å². The normalized spacial score (nSPS) is 22.7. The summed E-state index contributed by atoms with van der Waals surface area (Å²) < 4.78 is 12.2. The molecule has 0 amide bonds. The molecule has 7 nitrogen and oxygen atoms in total. The van der Waals surface area contributed by atoms with Crippen LogP contribution in [-0.2, 0) is 0 Å². The van der Waals surface area contributed by atoms with Gasteiger partial charge in [0.15, 0.2) is 11.5 Å². The number of fused-ring (bicyclic) bond motifs is 1. The van der Waals surface area contributed by atoms with Crippen molar-refractivity contribution in [3.63, 3.8) is 0 Å². The number of anilines is 1. The van der Waals surface area contributed by atoms with Crippen molar-refractivity contribution in [1.29, 1.82) is 0 Å². The largest absolute Gasteiger partial charge is 0.493 e. The lowest BCUT2D eigenvalue weighted by molar-refractivity contribution is 0.126. The fourth-order valence-electron chi connectivity index (χ4n) is 7.78. The van der Waals surface area contributed by atoms with E-state index >= 15 is 0 Å². The minimum atomic E-state index is 0.448. The lowest BCUT2D eigenvalue weighted by Crippen LogP contribution is -2.45. The van der Waals surface area contributed by atoms with Gasteiger partial charge in [0.1, 0.15) is 11.6 Å². The number of likely N-dealkylation sites (tertiary alicyclic amines) is 2. The highest BCUT2D eigenvalue weighted by Gasteiger charge is 2.28. The third kappa shape index (κ3) is 7.45. The highest BCUT2D eigenvalue weighted by atomic mass is 16.5. The maximum absolute atomic E-state index is 6.33. The molecule has 2 aliphatic heterocycles. The number of ether oxygens (including phenoxy) is 2. The second-order valence-corrected chi connectivity index (χ2v) is 13.1. The van der Waals surface area contributed by atoms with Gasteiger partial charge in [-0.3, -0.25) is 0 Å². The molecule has 4 fully saturated rings. The van der Waals surface area contributed by atoms with Gasteiger partial charge in [0.2, 0.25) is 0 Å². The van der Waals surface area contributed by atoms with Gasteiger partial charge in [-0.15, -0.1) is 0 Å². The number of rotatable bonds is 10. The summed E-state index contributed by atoms with van der Waals surface area (Å²) in [5, 5.41) is 4.96. The van der Waals surface area contributed by atoms with E-state index in [0.717, 1.165) is 53.1 Å². The molecule has 2 saturated carbocycles. The topological polar surface area (TPSA) is 62.8 Å². The van der Waals surface area contributed by atoms with Crippen LogP contribution in [0, 0.1) is 0 Å². The predicted octanol–water partition coefficient (Wildman–Crippen LogP) is 7.15.